The zero-order valence-corrected chi connectivity index (χ0v) is 39.9. The molecule has 3 aliphatic rings. The van der Waals surface area contributed by atoms with E-state index in [1.54, 1.807) is 93.7 Å². The summed E-state index contributed by atoms with van der Waals surface area (Å²) in [7, 11) is 0. The number of halogens is 1. The standard InChI is InChI=1S/C49H51N5O10S.BrH/c1-48(2,3)63-46(59)51-39-43(57)54-40(45(58)62-41(32-13-9-7-10-14-32)33-15-11-8-12-16-33)35(30-65-44(39)54)27-34-23-26-53(42(34)56)28-31-21-24-52(25-22-31)29-38(55)50-36-17-19-37(20-18-36)61-47(60)64-49(4,5)6;/h7-22,24-25,27,39,41,44H,23,26,28-30H2,1-6H3,(H-,50,51,55,59);1H. The van der Waals surface area contributed by atoms with E-state index in [0.29, 0.717) is 36.3 Å². The number of β-lactam (4-membered cyclic amide) rings is 1. The van der Waals surface area contributed by atoms with Crippen molar-refractivity contribution in [2.45, 2.75) is 89.8 Å². The van der Waals surface area contributed by atoms with Crippen LogP contribution in [0.25, 0.3) is 0 Å². The lowest BCUT2D eigenvalue weighted by atomic mass is 10.00. The smallest absolute Gasteiger partial charge is 0.514 e. The van der Waals surface area contributed by atoms with E-state index in [4.69, 9.17) is 18.9 Å². The van der Waals surface area contributed by atoms with E-state index in [9.17, 15) is 28.8 Å². The van der Waals surface area contributed by atoms with Crippen molar-refractivity contribution in [2.24, 2.45) is 0 Å². The number of amides is 4. The van der Waals surface area contributed by atoms with Gasteiger partial charge in [-0.2, -0.15) is 4.57 Å². The number of carbonyl (C=O) groups excluding carboxylic acids is 6. The molecule has 4 amide bonds. The van der Waals surface area contributed by atoms with Crippen LogP contribution in [0.3, 0.4) is 0 Å². The van der Waals surface area contributed by atoms with E-state index >= 15 is 0 Å². The lowest BCUT2D eigenvalue weighted by Crippen LogP contribution is -3.00. The zero-order valence-electron chi connectivity index (χ0n) is 37.4. The van der Waals surface area contributed by atoms with Crippen molar-refractivity contribution < 1.29 is 69.3 Å². The monoisotopic (exact) mass is 981 g/mol. The van der Waals surface area contributed by atoms with Gasteiger partial charge in [0.25, 0.3) is 11.8 Å². The minimum Gasteiger partial charge on any atom is -1.00 e. The Bertz CT molecular complexity index is 2470. The van der Waals surface area contributed by atoms with Gasteiger partial charge in [0, 0.05) is 42.2 Å². The van der Waals surface area contributed by atoms with Crippen LogP contribution in [0, 0.1) is 0 Å². The molecule has 2 atom stereocenters. The first-order valence-corrected chi connectivity index (χ1v) is 22.2. The van der Waals surface area contributed by atoms with Crippen LogP contribution in [0.4, 0.5) is 15.3 Å². The molecule has 346 valence electrons. The van der Waals surface area contributed by atoms with Gasteiger partial charge < -0.3 is 51.5 Å². The molecule has 2 N–H and O–H groups in total. The largest absolute Gasteiger partial charge is 1.00 e. The Balaban J connectivity index is 0.00000720. The van der Waals surface area contributed by atoms with Crippen LogP contribution in [0.15, 0.2) is 132 Å². The lowest BCUT2D eigenvalue weighted by molar-refractivity contribution is -0.684. The van der Waals surface area contributed by atoms with Crippen molar-refractivity contribution in [3.05, 3.63) is 149 Å². The maximum Gasteiger partial charge on any atom is 0.514 e. The van der Waals surface area contributed by atoms with E-state index in [1.165, 1.54) is 16.7 Å². The molecule has 1 aromatic heterocycles. The van der Waals surface area contributed by atoms with Crippen LogP contribution in [0.1, 0.15) is 70.8 Å². The summed E-state index contributed by atoms with van der Waals surface area (Å²) in [4.78, 5) is 82.8. The number of nitrogens with zero attached hydrogens (tertiary/aromatic N) is 3. The molecule has 66 heavy (non-hydrogen) atoms. The van der Waals surface area contributed by atoms with Crippen LogP contribution >= 0.6 is 11.8 Å². The highest BCUT2D eigenvalue weighted by Gasteiger charge is 2.55. The van der Waals surface area contributed by atoms with Crippen molar-refractivity contribution in [3.8, 4) is 5.75 Å². The fourth-order valence-corrected chi connectivity index (χ4v) is 8.65. The molecule has 17 heteroatoms. The van der Waals surface area contributed by atoms with Crippen molar-refractivity contribution in [1.29, 1.82) is 0 Å². The molecule has 7 rings (SSSR count). The summed E-state index contributed by atoms with van der Waals surface area (Å²) in [6, 6.07) is 27.7. The summed E-state index contributed by atoms with van der Waals surface area (Å²) >= 11 is 1.37. The van der Waals surface area contributed by atoms with Gasteiger partial charge in [-0.1, -0.05) is 60.7 Å². The summed E-state index contributed by atoms with van der Waals surface area (Å²) in [6.45, 7) is 11.2. The molecule has 0 saturated carbocycles. The normalized spacial score (nSPS) is 17.7. The number of aromatic nitrogens is 1. The second kappa shape index (κ2) is 20.8. The third-order valence-electron chi connectivity index (χ3n) is 10.2. The average Bonchev–Trinajstić information content (AvgIpc) is 3.59. The Morgan fingerprint density at radius 3 is 2.03 bits per heavy atom. The lowest BCUT2D eigenvalue weighted by Gasteiger charge is -2.49. The number of hydrogen-bond acceptors (Lipinski definition) is 11. The Morgan fingerprint density at radius 1 is 0.833 bits per heavy atom. The maximum absolute atomic E-state index is 14.5. The molecule has 4 heterocycles. The van der Waals surface area contributed by atoms with Gasteiger partial charge in [0.2, 0.25) is 12.5 Å². The van der Waals surface area contributed by atoms with Crippen molar-refractivity contribution >= 4 is 53.4 Å². The van der Waals surface area contributed by atoms with Crippen LogP contribution < -0.4 is 36.9 Å². The number of allylic oxidation sites excluding steroid dienone is 1. The third kappa shape index (κ3) is 12.5. The topological polar surface area (TPSA) is 174 Å². The molecular weight excluding hydrogens is 931 g/mol. The molecule has 3 aromatic carbocycles. The predicted molar refractivity (Wildman–Crippen MR) is 241 cm³/mol. The van der Waals surface area contributed by atoms with E-state index < -0.39 is 52.8 Å². The minimum absolute atomic E-state index is 0. The first-order valence-electron chi connectivity index (χ1n) is 21.2. The second-order valence-electron chi connectivity index (χ2n) is 17.7. The van der Waals surface area contributed by atoms with E-state index in [0.717, 1.165) is 16.7 Å². The fraction of sp³-hybridized carbons (Fsp3) is 0.327. The van der Waals surface area contributed by atoms with Crippen LogP contribution in [0.5, 0.6) is 5.75 Å². The molecule has 3 aliphatic heterocycles. The quantitative estimate of drug-likeness (QED) is 0.0525. The van der Waals surface area contributed by atoms with E-state index in [1.807, 2.05) is 72.8 Å². The third-order valence-corrected chi connectivity index (χ3v) is 11.5. The molecule has 2 saturated heterocycles. The van der Waals surface area contributed by atoms with Crippen LogP contribution in [-0.4, -0.2) is 80.7 Å². The van der Waals surface area contributed by atoms with Gasteiger partial charge in [0.15, 0.2) is 18.5 Å². The fourth-order valence-electron chi connectivity index (χ4n) is 7.35. The Kier molecular flexibility index (Phi) is 15.4. The summed E-state index contributed by atoms with van der Waals surface area (Å²) in [6.07, 6.45) is 3.27. The summed E-state index contributed by atoms with van der Waals surface area (Å²) in [5.74, 6) is -1.17. The highest BCUT2D eigenvalue weighted by atomic mass is 79.9. The number of esters is 1. The van der Waals surface area contributed by atoms with Gasteiger partial charge in [-0.3, -0.25) is 19.3 Å². The van der Waals surface area contributed by atoms with Gasteiger partial charge in [0.05, 0.1) is 0 Å². The first kappa shape index (κ1) is 49.0. The number of thioether (sulfide) groups is 1. The number of ether oxygens (including phenoxy) is 4. The first-order chi connectivity index (χ1) is 30.9. The van der Waals surface area contributed by atoms with Gasteiger partial charge in [-0.05, 0) is 101 Å². The highest BCUT2D eigenvalue weighted by molar-refractivity contribution is 8.00. The number of carbonyl (C=O) groups is 6. The zero-order chi connectivity index (χ0) is 46.5. The van der Waals surface area contributed by atoms with Crippen LogP contribution in [0.2, 0.25) is 0 Å². The van der Waals surface area contributed by atoms with Gasteiger partial charge in [0.1, 0.15) is 34.1 Å². The summed E-state index contributed by atoms with van der Waals surface area (Å²) in [5.41, 5.74) is 2.34. The number of pyridine rings is 1. The number of nitrogens with one attached hydrogen (secondary N) is 2. The SMILES string of the molecule is CC(C)(C)OC(=O)NC1C(=O)N2C(C(=O)OC(c3ccccc3)c3ccccc3)=C(C=C3CCN(Cc4cc[n+](CC(=O)Nc5ccc(OC(=O)OC(C)(C)C)cc5)cc4)C3=O)CSC12.[Br-]. The number of likely N-dealkylation sites (tertiary alicyclic amines) is 1. The molecule has 4 aromatic rings. The number of hydrogen-bond donors (Lipinski definition) is 2. The van der Waals surface area contributed by atoms with Crippen molar-refractivity contribution in [3.63, 3.8) is 0 Å². The number of benzene rings is 3. The Hall–Kier alpha value is -6.46. The predicted octanol–water partition coefficient (Wildman–Crippen LogP) is 3.98. The van der Waals surface area contributed by atoms with Gasteiger partial charge >= 0.3 is 18.2 Å². The molecule has 0 radical (unpaired) electrons. The summed E-state index contributed by atoms with van der Waals surface area (Å²) < 4.78 is 23.8. The van der Waals surface area contributed by atoms with Gasteiger partial charge in [-0.15, -0.1) is 11.8 Å². The van der Waals surface area contributed by atoms with E-state index in [-0.39, 0.29) is 52.5 Å². The van der Waals surface area contributed by atoms with Crippen molar-refractivity contribution in [1.82, 2.24) is 15.1 Å². The average molecular weight is 983 g/mol. The molecular formula is C49H52BrN5O10S. The van der Waals surface area contributed by atoms with Gasteiger partial charge in [-0.25, -0.2) is 14.4 Å². The number of rotatable bonds is 12. The van der Waals surface area contributed by atoms with E-state index in [2.05, 4.69) is 10.6 Å². The Labute approximate surface area is 398 Å². The van der Waals surface area contributed by atoms with Crippen molar-refractivity contribution in [2.75, 3.05) is 17.6 Å². The maximum atomic E-state index is 14.5. The molecule has 2 unspecified atom stereocenters. The number of alkyl carbamates (subject to hydrolysis) is 1. The molecule has 0 spiro atoms. The summed E-state index contributed by atoms with van der Waals surface area (Å²) in [5, 5.41) is 4.89. The number of anilines is 1. The van der Waals surface area contributed by atoms with Crippen LogP contribution in [-0.2, 0) is 46.5 Å². The molecule has 15 nitrogen and oxygen atoms in total. The number of fused-ring (bicyclic) bond motifs is 1. The molecule has 2 fully saturated rings. The molecule has 0 aliphatic carbocycles. The highest BCUT2D eigenvalue weighted by Crippen LogP contribution is 2.43. The second-order valence-corrected chi connectivity index (χ2v) is 18.8. The minimum atomic E-state index is -0.931. The Morgan fingerprint density at radius 2 is 1.44 bits per heavy atom. The molecule has 0 bridgehead atoms.